The number of aliphatic imine (C=N–C) groups is 1. The van der Waals surface area contributed by atoms with Crippen LogP contribution in [0.5, 0.6) is 0 Å². The number of nitrogens with two attached hydrogens (primary N) is 2. The lowest BCUT2D eigenvalue weighted by atomic mass is 9.91. The summed E-state index contributed by atoms with van der Waals surface area (Å²) in [6.07, 6.45) is 0. The number of hydrogen-bond acceptors (Lipinski definition) is 5. The molecule has 1 aliphatic heterocycles. The molecule has 0 aliphatic carbocycles. The van der Waals surface area contributed by atoms with Crippen LogP contribution >= 0.6 is 11.6 Å². The zero-order chi connectivity index (χ0) is 15.0. The molecule has 0 saturated heterocycles. The third-order valence-electron chi connectivity index (χ3n) is 3.57. The molecule has 2 aromatic rings. The van der Waals surface area contributed by atoms with Crippen molar-refractivity contribution in [2.45, 2.75) is 5.72 Å². The van der Waals surface area contributed by atoms with E-state index in [9.17, 15) is 5.11 Å². The lowest BCUT2D eigenvalue weighted by molar-refractivity contribution is -0.0414. The quantitative estimate of drug-likeness (QED) is 0.737. The fourth-order valence-corrected chi connectivity index (χ4v) is 2.68. The van der Waals surface area contributed by atoms with E-state index < -0.39 is 5.72 Å². The molecule has 0 spiro atoms. The number of amidine groups is 1. The van der Waals surface area contributed by atoms with Crippen LogP contribution < -0.4 is 11.6 Å². The van der Waals surface area contributed by atoms with Gasteiger partial charge < -0.3 is 10.8 Å². The minimum atomic E-state index is -1.56. The molecular weight excluding hydrogens is 288 g/mol. The second kappa shape index (κ2) is 5.13. The Hall–Kier alpha value is -1.92. The summed E-state index contributed by atoms with van der Waals surface area (Å²) in [5, 5.41) is 13.0. The third-order valence-corrected chi connectivity index (χ3v) is 3.80. The number of aliphatic hydroxyl groups is 1. The van der Waals surface area contributed by atoms with Crippen LogP contribution in [0.1, 0.15) is 11.1 Å². The van der Waals surface area contributed by atoms with Crippen molar-refractivity contribution in [2.24, 2.45) is 16.6 Å². The van der Waals surface area contributed by atoms with Gasteiger partial charge in [0.25, 0.3) is 0 Å². The molecule has 1 heterocycles. The summed E-state index contributed by atoms with van der Waals surface area (Å²) in [5.74, 6) is 6.49. The predicted molar refractivity (Wildman–Crippen MR) is 83.1 cm³/mol. The van der Waals surface area contributed by atoms with Crippen molar-refractivity contribution in [1.29, 1.82) is 0 Å². The van der Waals surface area contributed by atoms with Crippen molar-refractivity contribution in [3.63, 3.8) is 0 Å². The fraction of sp³-hybridized carbons (Fsp3) is 0.133. The first-order chi connectivity index (χ1) is 10.1. The zero-order valence-electron chi connectivity index (χ0n) is 11.2. The highest BCUT2D eigenvalue weighted by atomic mass is 35.5. The van der Waals surface area contributed by atoms with Crippen LogP contribution in [0.2, 0.25) is 5.02 Å². The van der Waals surface area contributed by atoms with Crippen molar-refractivity contribution in [2.75, 3.05) is 6.54 Å². The standard InChI is InChI=1S/C15H15ClN4O/c16-11-6-7-13-12(8-11)15(21,10-4-2-1-3-5-10)20(18)14(9-17)19-13/h1-8,21H,9,17-18H2. The molecule has 5 nitrogen and oxygen atoms in total. The molecule has 6 heteroatoms. The Morgan fingerprint density at radius 2 is 1.90 bits per heavy atom. The predicted octanol–water partition coefficient (Wildman–Crippen LogP) is 1.71. The summed E-state index contributed by atoms with van der Waals surface area (Å²) in [4.78, 5) is 4.38. The molecule has 108 valence electrons. The molecule has 21 heavy (non-hydrogen) atoms. The first-order valence-electron chi connectivity index (χ1n) is 6.48. The van der Waals surface area contributed by atoms with E-state index in [1.165, 1.54) is 5.01 Å². The van der Waals surface area contributed by atoms with Crippen LogP contribution in [0.3, 0.4) is 0 Å². The molecule has 5 N–H and O–H groups in total. The Morgan fingerprint density at radius 1 is 1.19 bits per heavy atom. The van der Waals surface area contributed by atoms with E-state index in [0.29, 0.717) is 27.7 Å². The van der Waals surface area contributed by atoms with Crippen LogP contribution in [0.4, 0.5) is 5.69 Å². The SMILES string of the molecule is NCC1=Nc2ccc(Cl)cc2C(O)(c2ccccc2)N1N. The topological polar surface area (TPSA) is 87.9 Å². The van der Waals surface area contributed by atoms with Crippen LogP contribution in [0.25, 0.3) is 0 Å². The first kappa shape index (κ1) is 14.0. The van der Waals surface area contributed by atoms with Crippen molar-refractivity contribution in [3.05, 3.63) is 64.7 Å². The molecule has 0 saturated carbocycles. The Bertz CT molecular complexity index is 704. The average Bonchev–Trinajstić information content (AvgIpc) is 2.52. The van der Waals surface area contributed by atoms with Gasteiger partial charge in [-0.05, 0) is 18.2 Å². The van der Waals surface area contributed by atoms with Gasteiger partial charge in [-0.1, -0.05) is 41.9 Å². The number of hydrogen-bond donors (Lipinski definition) is 3. The molecule has 1 atom stereocenters. The van der Waals surface area contributed by atoms with Crippen molar-refractivity contribution in [3.8, 4) is 0 Å². The van der Waals surface area contributed by atoms with E-state index in [-0.39, 0.29) is 6.54 Å². The number of hydrazine groups is 1. The molecule has 1 aliphatic rings. The normalized spacial score (nSPS) is 21.0. The minimum Gasteiger partial charge on any atom is -0.362 e. The second-order valence-electron chi connectivity index (χ2n) is 4.80. The van der Waals surface area contributed by atoms with E-state index in [4.69, 9.17) is 23.2 Å². The molecule has 3 rings (SSSR count). The maximum atomic E-state index is 11.3. The van der Waals surface area contributed by atoms with Gasteiger partial charge in [0, 0.05) is 16.1 Å². The lowest BCUT2D eigenvalue weighted by Gasteiger charge is -2.42. The maximum absolute atomic E-state index is 11.3. The Labute approximate surface area is 127 Å². The molecule has 0 radical (unpaired) electrons. The Kier molecular flexibility index (Phi) is 3.43. The van der Waals surface area contributed by atoms with E-state index in [1.54, 1.807) is 30.3 Å². The minimum absolute atomic E-state index is 0.119. The Balaban J connectivity index is 2.29. The van der Waals surface area contributed by atoms with Gasteiger partial charge >= 0.3 is 0 Å². The largest absolute Gasteiger partial charge is 0.362 e. The average molecular weight is 303 g/mol. The summed E-state index contributed by atoms with van der Waals surface area (Å²) in [6, 6.07) is 14.3. The number of fused-ring (bicyclic) bond motifs is 1. The van der Waals surface area contributed by atoms with Crippen LogP contribution in [-0.2, 0) is 5.72 Å². The van der Waals surface area contributed by atoms with Crippen molar-refractivity contribution < 1.29 is 5.11 Å². The summed E-state index contributed by atoms with van der Waals surface area (Å²) in [7, 11) is 0. The summed E-state index contributed by atoms with van der Waals surface area (Å²) >= 11 is 6.07. The highest BCUT2D eigenvalue weighted by Gasteiger charge is 2.43. The summed E-state index contributed by atoms with van der Waals surface area (Å²) < 4.78 is 0. The van der Waals surface area contributed by atoms with Gasteiger partial charge in [0.1, 0.15) is 5.84 Å². The molecular formula is C15H15ClN4O. The van der Waals surface area contributed by atoms with Gasteiger partial charge in [-0.25, -0.2) is 10.8 Å². The van der Waals surface area contributed by atoms with Gasteiger partial charge in [0.05, 0.1) is 12.2 Å². The van der Waals surface area contributed by atoms with Gasteiger partial charge in [-0.2, -0.15) is 0 Å². The number of rotatable bonds is 2. The molecule has 1 unspecified atom stereocenters. The van der Waals surface area contributed by atoms with E-state index in [2.05, 4.69) is 4.99 Å². The molecule has 0 amide bonds. The number of nitrogens with zero attached hydrogens (tertiary/aromatic N) is 2. The van der Waals surface area contributed by atoms with Gasteiger partial charge in [0.2, 0.25) is 5.72 Å². The number of halogens is 1. The molecule has 0 fully saturated rings. The monoisotopic (exact) mass is 302 g/mol. The lowest BCUT2D eigenvalue weighted by Crippen LogP contribution is -2.57. The van der Waals surface area contributed by atoms with E-state index in [1.807, 2.05) is 18.2 Å². The van der Waals surface area contributed by atoms with Gasteiger partial charge in [0.15, 0.2) is 0 Å². The van der Waals surface area contributed by atoms with Gasteiger partial charge in [-0.3, -0.25) is 5.01 Å². The first-order valence-corrected chi connectivity index (χ1v) is 6.85. The smallest absolute Gasteiger partial charge is 0.207 e. The Morgan fingerprint density at radius 3 is 2.57 bits per heavy atom. The summed E-state index contributed by atoms with van der Waals surface area (Å²) in [5.41, 5.74) is 5.89. The summed E-state index contributed by atoms with van der Waals surface area (Å²) in [6.45, 7) is 0.119. The molecule has 0 bridgehead atoms. The van der Waals surface area contributed by atoms with Crippen LogP contribution in [0, 0.1) is 0 Å². The second-order valence-corrected chi connectivity index (χ2v) is 5.24. The van der Waals surface area contributed by atoms with Gasteiger partial charge in [-0.15, -0.1) is 0 Å². The highest BCUT2D eigenvalue weighted by molar-refractivity contribution is 6.30. The van der Waals surface area contributed by atoms with E-state index >= 15 is 0 Å². The zero-order valence-corrected chi connectivity index (χ0v) is 12.0. The third kappa shape index (κ3) is 2.11. The van der Waals surface area contributed by atoms with Crippen LogP contribution in [0.15, 0.2) is 53.5 Å². The molecule has 2 aromatic carbocycles. The van der Waals surface area contributed by atoms with Crippen LogP contribution in [-0.4, -0.2) is 22.5 Å². The maximum Gasteiger partial charge on any atom is 0.207 e. The fourth-order valence-electron chi connectivity index (χ4n) is 2.50. The van der Waals surface area contributed by atoms with E-state index in [0.717, 1.165) is 0 Å². The van der Waals surface area contributed by atoms with Crippen molar-refractivity contribution in [1.82, 2.24) is 5.01 Å². The number of benzene rings is 2. The highest BCUT2D eigenvalue weighted by Crippen LogP contribution is 2.41. The van der Waals surface area contributed by atoms with Crippen molar-refractivity contribution >= 4 is 23.1 Å². The molecule has 0 aromatic heterocycles.